The van der Waals surface area contributed by atoms with E-state index in [1.165, 1.54) is 7.11 Å². The zero-order valence-corrected chi connectivity index (χ0v) is 20.0. The van der Waals surface area contributed by atoms with Gasteiger partial charge in [-0.05, 0) is 37.3 Å². The molecule has 0 fully saturated rings. The van der Waals surface area contributed by atoms with Gasteiger partial charge in [-0.15, -0.1) is 0 Å². The molecule has 0 atom stereocenters. The summed E-state index contributed by atoms with van der Waals surface area (Å²) >= 11 is 0. The van der Waals surface area contributed by atoms with Crippen LogP contribution in [0.25, 0.3) is 11.0 Å². The van der Waals surface area contributed by atoms with Gasteiger partial charge < -0.3 is 19.9 Å². The Bertz CT molecular complexity index is 1370. The number of aromatic nitrogens is 4. The number of fused-ring (bicyclic) bond motifs is 1. The number of rotatable bonds is 7. The summed E-state index contributed by atoms with van der Waals surface area (Å²) in [6.07, 6.45) is 0.714. The van der Waals surface area contributed by atoms with E-state index in [1.807, 2.05) is 38.6 Å². The quantitative estimate of drug-likeness (QED) is 0.440. The van der Waals surface area contributed by atoms with Crippen molar-refractivity contribution in [2.45, 2.75) is 26.8 Å². The number of ether oxygens (including phenoxy) is 1. The Balaban J connectivity index is 1.68. The summed E-state index contributed by atoms with van der Waals surface area (Å²) in [6, 6.07) is 12.3. The van der Waals surface area contributed by atoms with E-state index in [2.05, 4.69) is 20.7 Å². The highest BCUT2D eigenvalue weighted by Gasteiger charge is 2.19. The molecule has 0 unspecified atom stereocenters. The van der Waals surface area contributed by atoms with Crippen LogP contribution in [0.15, 0.2) is 42.5 Å². The second kappa shape index (κ2) is 9.38. The molecule has 2 amide bonds. The van der Waals surface area contributed by atoms with Gasteiger partial charge in [-0.3, -0.25) is 14.3 Å². The first kappa shape index (κ1) is 23.0. The third kappa shape index (κ3) is 4.36. The molecule has 2 N–H and O–H groups in total. The Morgan fingerprint density at radius 2 is 1.85 bits per heavy atom. The van der Waals surface area contributed by atoms with E-state index in [-0.39, 0.29) is 11.8 Å². The number of hydrogen-bond acceptors (Lipinski definition) is 5. The maximum absolute atomic E-state index is 13.1. The molecule has 0 aliphatic rings. The Morgan fingerprint density at radius 3 is 2.53 bits per heavy atom. The highest BCUT2D eigenvalue weighted by Crippen LogP contribution is 2.28. The number of carbonyl (C=O) groups excluding carboxylic acids is 2. The lowest BCUT2D eigenvalue weighted by Gasteiger charge is -2.13. The predicted molar refractivity (Wildman–Crippen MR) is 130 cm³/mol. The minimum absolute atomic E-state index is 0.276. The van der Waals surface area contributed by atoms with Crippen LogP contribution in [-0.2, 0) is 27.1 Å². The van der Waals surface area contributed by atoms with Gasteiger partial charge in [-0.2, -0.15) is 5.10 Å². The average Bonchev–Trinajstić information content (AvgIpc) is 3.34. The van der Waals surface area contributed by atoms with Crippen LogP contribution in [-0.4, -0.2) is 38.3 Å². The molecular weight excluding hydrogens is 432 g/mol. The van der Waals surface area contributed by atoms with E-state index in [0.29, 0.717) is 41.0 Å². The molecule has 0 aliphatic carbocycles. The smallest absolute Gasteiger partial charge is 0.259 e. The summed E-state index contributed by atoms with van der Waals surface area (Å²) in [4.78, 5) is 30.8. The van der Waals surface area contributed by atoms with E-state index in [9.17, 15) is 9.59 Å². The van der Waals surface area contributed by atoms with Crippen molar-refractivity contribution < 1.29 is 14.3 Å². The van der Waals surface area contributed by atoms with Crippen LogP contribution in [0.5, 0.6) is 5.75 Å². The highest BCUT2D eigenvalue weighted by atomic mass is 16.5. The minimum atomic E-state index is -0.334. The van der Waals surface area contributed by atoms with E-state index in [0.717, 1.165) is 22.7 Å². The van der Waals surface area contributed by atoms with Gasteiger partial charge in [0.05, 0.1) is 41.6 Å². The summed E-state index contributed by atoms with van der Waals surface area (Å²) in [5, 5.41) is 10.2. The standard InChI is InChI=1S/C25H28N6O3/c1-6-22-27-19-12-16(24(32)26-14-17-11-15(2)31(4)29-17)13-20(23(19)30(22)3)28-25(33)18-9-7-8-10-21(18)34-5/h7-13H,6,14H2,1-5H3,(H,26,32)(H,28,33). The van der Waals surface area contributed by atoms with Crippen molar-refractivity contribution in [3.05, 3.63) is 70.8 Å². The molecule has 176 valence electrons. The maximum Gasteiger partial charge on any atom is 0.259 e. The lowest BCUT2D eigenvalue weighted by Crippen LogP contribution is -2.23. The average molecular weight is 461 g/mol. The molecule has 0 aliphatic heterocycles. The van der Waals surface area contributed by atoms with Gasteiger partial charge in [0, 0.05) is 31.8 Å². The number of para-hydroxylation sites is 1. The number of methoxy groups -OCH3 is 1. The van der Waals surface area contributed by atoms with Crippen molar-refractivity contribution >= 4 is 28.5 Å². The van der Waals surface area contributed by atoms with Crippen LogP contribution in [0.1, 0.15) is 44.9 Å². The van der Waals surface area contributed by atoms with Gasteiger partial charge in [0.15, 0.2) is 0 Å². The fraction of sp³-hybridized carbons (Fsp3) is 0.280. The molecule has 9 heteroatoms. The summed E-state index contributed by atoms with van der Waals surface area (Å²) in [7, 11) is 5.28. The predicted octanol–water partition coefficient (Wildman–Crippen LogP) is 3.37. The van der Waals surface area contributed by atoms with Gasteiger partial charge in [0.25, 0.3) is 11.8 Å². The first-order chi connectivity index (χ1) is 16.3. The van der Waals surface area contributed by atoms with Crippen molar-refractivity contribution in [3.63, 3.8) is 0 Å². The maximum atomic E-state index is 13.1. The van der Waals surface area contributed by atoms with Gasteiger partial charge in [0.2, 0.25) is 0 Å². The number of aryl methyl sites for hydroxylation is 4. The summed E-state index contributed by atoms with van der Waals surface area (Å²) in [6.45, 7) is 4.26. The number of carbonyl (C=O) groups is 2. The Labute approximate surface area is 197 Å². The van der Waals surface area contributed by atoms with E-state index >= 15 is 0 Å². The Morgan fingerprint density at radius 1 is 1.09 bits per heavy atom. The van der Waals surface area contributed by atoms with Crippen molar-refractivity contribution in [3.8, 4) is 5.75 Å². The normalized spacial score (nSPS) is 11.0. The number of imidazole rings is 1. The third-order valence-corrected chi connectivity index (χ3v) is 5.83. The molecule has 4 aromatic rings. The fourth-order valence-electron chi connectivity index (χ4n) is 3.96. The van der Waals surface area contributed by atoms with Crippen LogP contribution < -0.4 is 15.4 Å². The Kier molecular flexibility index (Phi) is 6.36. The minimum Gasteiger partial charge on any atom is -0.496 e. The molecule has 2 aromatic heterocycles. The molecule has 34 heavy (non-hydrogen) atoms. The summed E-state index contributed by atoms with van der Waals surface area (Å²) in [5.41, 5.74) is 4.46. The lowest BCUT2D eigenvalue weighted by atomic mass is 10.1. The molecule has 0 bridgehead atoms. The summed E-state index contributed by atoms with van der Waals surface area (Å²) in [5.74, 6) is 0.709. The molecule has 4 rings (SSSR count). The van der Waals surface area contributed by atoms with E-state index in [4.69, 9.17) is 4.74 Å². The van der Waals surface area contributed by atoms with Gasteiger partial charge in [-0.25, -0.2) is 4.98 Å². The molecule has 0 saturated carbocycles. The topological polar surface area (TPSA) is 103 Å². The van der Waals surface area contributed by atoms with Crippen molar-refractivity contribution in [2.24, 2.45) is 14.1 Å². The number of nitrogens with one attached hydrogen (secondary N) is 2. The Hall–Kier alpha value is -4.14. The fourth-order valence-corrected chi connectivity index (χ4v) is 3.96. The number of hydrogen-bond donors (Lipinski definition) is 2. The molecular formula is C25H28N6O3. The van der Waals surface area contributed by atoms with E-state index < -0.39 is 0 Å². The zero-order valence-electron chi connectivity index (χ0n) is 20.0. The van der Waals surface area contributed by atoms with Crippen LogP contribution in [0, 0.1) is 6.92 Å². The second-order valence-corrected chi connectivity index (χ2v) is 8.07. The number of anilines is 1. The first-order valence-corrected chi connectivity index (χ1v) is 11.0. The van der Waals surface area contributed by atoms with Crippen molar-refractivity contribution in [2.75, 3.05) is 12.4 Å². The molecule has 0 saturated heterocycles. The first-order valence-electron chi connectivity index (χ1n) is 11.0. The SMILES string of the molecule is CCc1nc2cc(C(=O)NCc3cc(C)n(C)n3)cc(NC(=O)c3ccccc3OC)c2n1C. The van der Waals surface area contributed by atoms with Crippen LogP contribution in [0.3, 0.4) is 0 Å². The number of nitrogens with zero attached hydrogens (tertiary/aromatic N) is 4. The van der Waals surface area contributed by atoms with Gasteiger partial charge in [-0.1, -0.05) is 19.1 Å². The number of benzene rings is 2. The molecule has 0 radical (unpaired) electrons. The van der Waals surface area contributed by atoms with Gasteiger partial charge >= 0.3 is 0 Å². The molecule has 9 nitrogen and oxygen atoms in total. The van der Waals surface area contributed by atoms with E-state index in [1.54, 1.807) is 41.1 Å². The van der Waals surface area contributed by atoms with Crippen molar-refractivity contribution in [1.29, 1.82) is 0 Å². The highest BCUT2D eigenvalue weighted by molar-refractivity contribution is 6.11. The molecule has 0 spiro atoms. The van der Waals surface area contributed by atoms with Crippen LogP contribution in [0.2, 0.25) is 0 Å². The lowest BCUT2D eigenvalue weighted by molar-refractivity contribution is 0.0949. The van der Waals surface area contributed by atoms with Crippen LogP contribution >= 0.6 is 0 Å². The zero-order chi connectivity index (χ0) is 24.4. The van der Waals surface area contributed by atoms with Gasteiger partial charge in [0.1, 0.15) is 11.6 Å². The monoisotopic (exact) mass is 460 g/mol. The third-order valence-electron chi connectivity index (χ3n) is 5.83. The van der Waals surface area contributed by atoms with Crippen LogP contribution in [0.4, 0.5) is 5.69 Å². The number of amides is 2. The largest absolute Gasteiger partial charge is 0.496 e. The molecule has 2 heterocycles. The summed E-state index contributed by atoms with van der Waals surface area (Å²) < 4.78 is 9.03. The second-order valence-electron chi connectivity index (χ2n) is 8.07. The molecule has 2 aromatic carbocycles. The van der Waals surface area contributed by atoms with Crippen molar-refractivity contribution in [1.82, 2.24) is 24.6 Å².